The summed E-state index contributed by atoms with van der Waals surface area (Å²) in [7, 11) is 1.75. The van der Waals surface area contributed by atoms with E-state index in [2.05, 4.69) is 37.3 Å². The predicted molar refractivity (Wildman–Crippen MR) is 122 cm³/mol. The van der Waals surface area contributed by atoms with Gasteiger partial charge in [-0.2, -0.15) is 0 Å². The molecule has 1 amide bonds. The Morgan fingerprint density at radius 3 is 2.77 bits per heavy atom. The maximum atomic E-state index is 12.4. The molecule has 1 saturated heterocycles. The van der Waals surface area contributed by atoms with Crippen molar-refractivity contribution in [2.75, 3.05) is 20.1 Å². The fourth-order valence-corrected chi connectivity index (χ4v) is 3.57. The highest BCUT2D eigenvalue weighted by Crippen LogP contribution is 2.15. The number of imidazole rings is 1. The third kappa shape index (κ3) is 7.01. The van der Waals surface area contributed by atoms with Gasteiger partial charge in [0.2, 0.25) is 0 Å². The maximum absolute atomic E-state index is 12.4. The number of aromatic nitrogens is 2. The number of carbonyl (C=O) groups is 1. The van der Waals surface area contributed by atoms with Crippen LogP contribution in [0.5, 0.6) is 0 Å². The van der Waals surface area contributed by atoms with E-state index in [1.807, 2.05) is 51.4 Å². The molecule has 1 aliphatic heterocycles. The number of hydrogen-bond donors (Lipinski definition) is 2. The first-order chi connectivity index (χ1) is 14.8. The molecule has 2 N–H and O–H groups in total. The first-order valence-corrected chi connectivity index (χ1v) is 10.8. The lowest BCUT2D eigenvalue weighted by Crippen LogP contribution is -2.53. The van der Waals surface area contributed by atoms with Crippen molar-refractivity contribution in [1.29, 1.82) is 0 Å². The average molecular weight is 427 g/mol. The second kappa shape index (κ2) is 10.3. The summed E-state index contributed by atoms with van der Waals surface area (Å²) in [6, 6.07) is 10.4. The molecule has 1 aromatic carbocycles. The van der Waals surface area contributed by atoms with Crippen molar-refractivity contribution in [1.82, 2.24) is 25.1 Å². The van der Waals surface area contributed by atoms with Crippen LogP contribution in [0.2, 0.25) is 0 Å². The van der Waals surface area contributed by atoms with Gasteiger partial charge in [0.1, 0.15) is 11.4 Å². The van der Waals surface area contributed by atoms with Gasteiger partial charge in [-0.25, -0.2) is 9.78 Å². The second-order valence-electron chi connectivity index (χ2n) is 8.79. The van der Waals surface area contributed by atoms with Gasteiger partial charge in [0.15, 0.2) is 5.96 Å². The summed E-state index contributed by atoms with van der Waals surface area (Å²) in [6.45, 7) is 8.31. The number of hydrogen-bond acceptors (Lipinski definition) is 4. The number of guanidine groups is 1. The third-order valence-electron chi connectivity index (χ3n) is 5.05. The predicted octanol–water partition coefficient (Wildman–Crippen LogP) is 3.00. The van der Waals surface area contributed by atoms with Crippen LogP contribution in [0.15, 0.2) is 47.7 Å². The minimum absolute atomic E-state index is 0.122. The third-order valence-corrected chi connectivity index (χ3v) is 5.05. The summed E-state index contributed by atoms with van der Waals surface area (Å²) in [5.41, 5.74) is 0.741. The van der Waals surface area contributed by atoms with Gasteiger partial charge < -0.3 is 24.8 Å². The Labute approximate surface area is 184 Å². The maximum Gasteiger partial charge on any atom is 0.410 e. The molecule has 0 aliphatic carbocycles. The molecule has 1 unspecified atom stereocenters. The van der Waals surface area contributed by atoms with E-state index in [1.165, 1.54) is 5.56 Å². The molecule has 1 aliphatic rings. The van der Waals surface area contributed by atoms with E-state index < -0.39 is 5.60 Å². The van der Waals surface area contributed by atoms with Crippen molar-refractivity contribution in [3.05, 3.63) is 54.1 Å². The Balaban J connectivity index is 1.52. The summed E-state index contributed by atoms with van der Waals surface area (Å²) in [5, 5.41) is 6.79. The monoisotopic (exact) mass is 426 g/mol. The van der Waals surface area contributed by atoms with E-state index in [1.54, 1.807) is 11.9 Å². The molecule has 0 radical (unpaired) electrons. The van der Waals surface area contributed by atoms with Crippen LogP contribution in [0.1, 0.15) is 45.0 Å². The number of rotatable bonds is 5. The van der Waals surface area contributed by atoms with Crippen LogP contribution in [-0.2, 0) is 17.8 Å². The minimum atomic E-state index is -0.489. The Bertz CT molecular complexity index is 872. The number of piperidine rings is 1. The summed E-state index contributed by atoms with van der Waals surface area (Å²) >= 11 is 0. The van der Waals surface area contributed by atoms with Crippen molar-refractivity contribution in [3.8, 4) is 0 Å². The highest BCUT2D eigenvalue weighted by Gasteiger charge is 2.28. The molecule has 2 heterocycles. The molecule has 0 bridgehead atoms. The molecule has 3 rings (SSSR count). The Morgan fingerprint density at radius 1 is 1.29 bits per heavy atom. The molecule has 31 heavy (non-hydrogen) atoms. The summed E-state index contributed by atoms with van der Waals surface area (Å²) < 4.78 is 7.64. The quantitative estimate of drug-likeness (QED) is 0.567. The molecular formula is C23H34N6O2. The highest BCUT2D eigenvalue weighted by molar-refractivity contribution is 5.80. The molecular weight excluding hydrogens is 392 g/mol. The fraction of sp³-hybridized carbons (Fsp3) is 0.522. The van der Waals surface area contributed by atoms with E-state index in [9.17, 15) is 4.79 Å². The second-order valence-corrected chi connectivity index (χ2v) is 8.79. The molecule has 0 saturated carbocycles. The number of nitrogens with zero attached hydrogens (tertiary/aromatic N) is 4. The van der Waals surface area contributed by atoms with Crippen molar-refractivity contribution in [2.45, 2.75) is 58.3 Å². The van der Waals surface area contributed by atoms with Crippen molar-refractivity contribution < 1.29 is 9.53 Å². The molecule has 1 fully saturated rings. The summed E-state index contributed by atoms with van der Waals surface area (Å²) in [4.78, 5) is 23.0. The van der Waals surface area contributed by atoms with Crippen LogP contribution >= 0.6 is 0 Å². The molecule has 8 heteroatoms. The Morgan fingerprint density at radius 2 is 2.06 bits per heavy atom. The van der Waals surface area contributed by atoms with Crippen LogP contribution in [0, 0.1) is 0 Å². The summed E-state index contributed by atoms with van der Waals surface area (Å²) in [6.07, 6.45) is 5.44. The standard InChI is InChI=1S/C23H34N6O2/c1-23(2,3)31-22(30)29-13-8-11-19(17-29)27-21(24-4)26-15-20-25-12-14-28(20)16-18-9-6-5-7-10-18/h5-7,9-10,12,14,19H,8,11,13,15-17H2,1-4H3,(H2,24,26,27). The van der Waals surface area contributed by atoms with E-state index in [0.717, 1.165) is 31.8 Å². The van der Waals surface area contributed by atoms with Gasteiger partial charge in [-0.1, -0.05) is 30.3 Å². The normalized spacial score (nSPS) is 17.4. The lowest BCUT2D eigenvalue weighted by atomic mass is 10.1. The molecule has 1 aromatic heterocycles. The van der Waals surface area contributed by atoms with Gasteiger partial charge in [-0.05, 0) is 39.2 Å². The number of carbonyl (C=O) groups excluding carboxylic acids is 1. The smallest absolute Gasteiger partial charge is 0.410 e. The summed E-state index contributed by atoms with van der Waals surface area (Å²) in [5.74, 6) is 1.64. The number of nitrogens with one attached hydrogen (secondary N) is 2. The Hall–Kier alpha value is -3.03. The largest absolute Gasteiger partial charge is 0.444 e. The van der Waals surface area contributed by atoms with Gasteiger partial charge in [-0.15, -0.1) is 0 Å². The molecule has 0 spiro atoms. The lowest BCUT2D eigenvalue weighted by Gasteiger charge is -2.35. The van der Waals surface area contributed by atoms with Gasteiger partial charge in [0, 0.05) is 45.1 Å². The SMILES string of the molecule is CN=C(NCc1nccn1Cc1ccccc1)NC1CCCN(C(=O)OC(C)(C)C)C1. The zero-order valence-corrected chi connectivity index (χ0v) is 19.0. The number of benzene rings is 1. The topological polar surface area (TPSA) is 83.8 Å². The van der Waals surface area contributed by atoms with Crippen LogP contribution in [0.3, 0.4) is 0 Å². The van der Waals surface area contributed by atoms with Gasteiger partial charge in [-0.3, -0.25) is 4.99 Å². The number of amides is 1. The van der Waals surface area contributed by atoms with Crippen molar-refractivity contribution >= 4 is 12.1 Å². The molecule has 168 valence electrons. The molecule has 8 nitrogen and oxygen atoms in total. The van der Waals surface area contributed by atoms with Gasteiger partial charge in [0.05, 0.1) is 6.54 Å². The van der Waals surface area contributed by atoms with Gasteiger partial charge >= 0.3 is 6.09 Å². The highest BCUT2D eigenvalue weighted by atomic mass is 16.6. The molecule has 2 aromatic rings. The van der Waals surface area contributed by atoms with Crippen LogP contribution in [0.25, 0.3) is 0 Å². The van der Waals surface area contributed by atoms with Crippen LogP contribution < -0.4 is 10.6 Å². The first-order valence-electron chi connectivity index (χ1n) is 10.8. The van der Waals surface area contributed by atoms with Crippen molar-refractivity contribution in [3.63, 3.8) is 0 Å². The number of likely N-dealkylation sites (tertiary alicyclic amines) is 1. The zero-order chi connectivity index (χ0) is 22.3. The number of aliphatic imine (C=N–C) groups is 1. The zero-order valence-electron chi connectivity index (χ0n) is 19.0. The Kier molecular flexibility index (Phi) is 7.55. The van der Waals surface area contributed by atoms with Gasteiger partial charge in [0.25, 0.3) is 0 Å². The van der Waals surface area contributed by atoms with Crippen LogP contribution in [-0.4, -0.2) is 58.3 Å². The molecule has 1 atom stereocenters. The fourth-order valence-electron chi connectivity index (χ4n) is 3.57. The van der Waals surface area contributed by atoms with E-state index in [4.69, 9.17) is 4.74 Å². The van der Waals surface area contributed by atoms with E-state index >= 15 is 0 Å². The average Bonchev–Trinajstić information content (AvgIpc) is 3.17. The minimum Gasteiger partial charge on any atom is -0.444 e. The van der Waals surface area contributed by atoms with E-state index in [-0.39, 0.29) is 12.1 Å². The van der Waals surface area contributed by atoms with Crippen molar-refractivity contribution in [2.24, 2.45) is 4.99 Å². The number of ether oxygens (including phenoxy) is 1. The van der Waals surface area contributed by atoms with E-state index in [0.29, 0.717) is 19.0 Å². The lowest BCUT2D eigenvalue weighted by molar-refractivity contribution is 0.0193. The first kappa shape index (κ1) is 22.7. The van der Waals surface area contributed by atoms with Crippen LogP contribution in [0.4, 0.5) is 4.79 Å².